The van der Waals surface area contributed by atoms with Crippen LogP contribution in [0.1, 0.15) is 25.5 Å². The number of rotatable bonds is 7. The molecule has 6 nitrogen and oxygen atoms in total. The van der Waals surface area contributed by atoms with E-state index in [2.05, 4.69) is 15.5 Å². The van der Waals surface area contributed by atoms with Crippen LogP contribution in [0.3, 0.4) is 0 Å². The summed E-state index contributed by atoms with van der Waals surface area (Å²) in [5.41, 5.74) is 1.94. The third-order valence-corrected chi connectivity index (χ3v) is 5.63. The van der Waals surface area contributed by atoms with Gasteiger partial charge in [-0.05, 0) is 31.5 Å². The fraction of sp³-hybridized carbons (Fsp3) is 0.286. The molecule has 0 spiro atoms. The standard InChI is InChI=1S/C21H24N4O2S/c1-14(16-10-6-5-7-11-16)22-20(26)15(2)28-21-24-23-19(25(21)3)17-12-8-9-13-18(17)27-4/h5-15H,1-4H3,(H,22,26). The Labute approximate surface area is 169 Å². The largest absolute Gasteiger partial charge is 0.496 e. The minimum atomic E-state index is -0.306. The number of hydrogen-bond acceptors (Lipinski definition) is 5. The SMILES string of the molecule is COc1ccccc1-c1nnc(SC(C)C(=O)NC(C)c2ccccc2)n1C. The first-order valence-electron chi connectivity index (χ1n) is 9.06. The Morgan fingerprint density at radius 3 is 2.46 bits per heavy atom. The Balaban J connectivity index is 1.70. The van der Waals surface area contributed by atoms with E-state index in [1.54, 1.807) is 7.11 Å². The molecule has 1 heterocycles. The zero-order valence-electron chi connectivity index (χ0n) is 16.4. The summed E-state index contributed by atoms with van der Waals surface area (Å²) in [4.78, 5) is 12.6. The van der Waals surface area contributed by atoms with Crippen molar-refractivity contribution < 1.29 is 9.53 Å². The van der Waals surface area contributed by atoms with Crippen LogP contribution in [0.4, 0.5) is 0 Å². The molecule has 3 rings (SSSR count). The van der Waals surface area contributed by atoms with Crippen molar-refractivity contribution in [3.05, 3.63) is 60.2 Å². The van der Waals surface area contributed by atoms with Gasteiger partial charge >= 0.3 is 0 Å². The first-order chi connectivity index (χ1) is 13.5. The second-order valence-corrected chi connectivity index (χ2v) is 7.77. The van der Waals surface area contributed by atoms with Crippen molar-refractivity contribution in [2.75, 3.05) is 7.11 Å². The predicted molar refractivity (Wildman–Crippen MR) is 111 cm³/mol. The Bertz CT molecular complexity index is 943. The number of nitrogens with zero attached hydrogens (tertiary/aromatic N) is 3. The molecule has 2 atom stereocenters. The number of carbonyl (C=O) groups is 1. The predicted octanol–water partition coefficient (Wildman–Crippen LogP) is 3.85. The third-order valence-electron chi connectivity index (χ3n) is 4.49. The van der Waals surface area contributed by atoms with Crippen molar-refractivity contribution in [3.8, 4) is 17.1 Å². The normalized spacial score (nSPS) is 13.0. The fourth-order valence-corrected chi connectivity index (χ4v) is 3.67. The van der Waals surface area contributed by atoms with Gasteiger partial charge in [0.2, 0.25) is 5.91 Å². The highest BCUT2D eigenvalue weighted by Crippen LogP contribution is 2.31. The molecule has 1 amide bonds. The molecule has 2 aromatic carbocycles. The van der Waals surface area contributed by atoms with Crippen LogP contribution >= 0.6 is 11.8 Å². The van der Waals surface area contributed by atoms with Gasteiger partial charge in [0.25, 0.3) is 0 Å². The average molecular weight is 397 g/mol. The van der Waals surface area contributed by atoms with E-state index in [1.807, 2.05) is 80.1 Å². The van der Waals surface area contributed by atoms with Crippen molar-refractivity contribution in [3.63, 3.8) is 0 Å². The first kappa shape index (κ1) is 19.9. The van der Waals surface area contributed by atoms with Gasteiger partial charge in [0.1, 0.15) is 5.75 Å². The van der Waals surface area contributed by atoms with Crippen LogP contribution < -0.4 is 10.1 Å². The number of ether oxygens (including phenoxy) is 1. The monoisotopic (exact) mass is 396 g/mol. The summed E-state index contributed by atoms with van der Waals surface area (Å²) < 4.78 is 7.30. The van der Waals surface area contributed by atoms with Crippen molar-refractivity contribution in [2.45, 2.75) is 30.3 Å². The van der Waals surface area contributed by atoms with E-state index in [0.29, 0.717) is 11.0 Å². The van der Waals surface area contributed by atoms with E-state index in [1.165, 1.54) is 11.8 Å². The number of carbonyl (C=O) groups excluding carboxylic acids is 1. The summed E-state index contributed by atoms with van der Waals surface area (Å²) in [5.74, 6) is 1.39. The number of thioether (sulfide) groups is 1. The van der Waals surface area contributed by atoms with Gasteiger partial charge in [0, 0.05) is 7.05 Å². The molecule has 0 aliphatic rings. The highest BCUT2D eigenvalue weighted by Gasteiger charge is 2.21. The number of benzene rings is 2. The van der Waals surface area contributed by atoms with Crippen LogP contribution in [0.5, 0.6) is 5.75 Å². The number of amides is 1. The van der Waals surface area contributed by atoms with E-state index in [0.717, 1.165) is 16.9 Å². The quantitative estimate of drug-likeness (QED) is 0.615. The minimum Gasteiger partial charge on any atom is -0.496 e. The van der Waals surface area contributed by atoms with Crippen LogP contribution in [0.25, 0.3) is 11.4 Å². The molecule has 0 saturated heterocycles. The lowest BCUT2D eigenvalue weighted by Gasteiger charge is -2.17. The second kappa shape index (κ2) is 8.93. The van der Waals surface area contributed by atoms with Crippen molar-refractivity contribution in [1.82, 2.24) is 20.1 Å². The van der Waals surface area contributed by atoms with Gasteiger partial charge in [-0.1, -0.05) is 54.2 Å². The Morgan fingerprint density at radius 1 is 1.07 bits per heavy atom. The molecule has 0 fully saturated rings. The molecule has 146 valence electrons. The molecule has 7 heteroatoms. The maximum Gasteiger partial charge on any atom is 0.233 e. The fourth-order valence-electron chi connectivity index (χ4n) is 2.85. The van der Waals surface area contributed by atoms with Crippen LogP contribution in [0.15, 0.2) is 59.8 Å². The van der Waals surface area contributed by atoms with E-state index < -0.39 is 0 Å². The van der Waals surface area contributed by atoms with Gasteiger partial charge in [0.15, 0.2) is 11.0 Å². The smallest absolute Gasteiger partial charge is 0.233 e. The van der Waals surface area contributed by atoms with E-state index in [-0.39, 0.29) is 17.2 Å². The van der Waals surface area contributed by atoms with Crippen LogP contribution in [0, 0.1) is 0 Å². The molecular weight excluding hydrogens is 372 g/mol. The van der Waals surface area contributed by atoms with E-state index in [9.17, 15) is 4.79 Å². The molecule has 0 bridgehead atoms. The highest BCUT2D eigenvalue weighted by atomic mass is 32.2. The topological polar surface area (TPSA) is 69.0 Å². The summed E-state index contributed by atoms with van der Waals surface area (Å²) in [7, 11) is 3.52. The molecule has 28 heavy (non-hydrogen) atoms. The second-order valence-electron chi connectivity index (χ2n) is 6.47. The lowest BCUT2D eigenvalue weighted by molar-refractivity contribution is -0.120. The molecule has 0 aliphatic carbocycles. The van der Waals surface area contributed by atoms with Gasteiger partial charge in [-0.3, -0.25) is 4.79 Å². The van der Waals surface area contributed by atoms with Crippen LogP contribution in [-0.4, -0.2) is 33.0 Å². The summed E-state index contributed by atoms with van der Waals surface area (Å²) in [5, 5.41) is 12.0. The zero-order chi connectivity index (χ0) is 20.1. The average Bonchev–Trinajstić information content (AvgIpc) is 3.08. The van der Waals surface area contributed by atoms with Crippen molar-refractivity contribution >= 4 is 17.7 Å². The highest BCUT2D eigenvalue weighted by molar-refractivity contribution is 8.00. The number of hydrogen-bond donors (Lipinski definition) is 1. The van der Waals surface area contributed by atoms with Crippen LogP contribution in [0.2, 0.25) is 0 Å². The first-order valence-corrected chi connectivity index (χ1v) is 9.94. The maximum absolute atomic E-state index is 12.6. The van der Waals surface area contributed by atoms with E-state index in [4.69, 9.17) is 4.74 Å². The molecule has 1 N–H and O–H groups in total. The molecule has 0 saturated carbocycles. The lowest BCUT2D eigenvalue weighted by Crippen LogP contribution is -2.33. The Hall–Kier alpha value is -2.80. The van der Waals surface area contributed by atoms with E-state index >= 15 is 0 Å². The third kappa shape index (κ3) is 4.36. The van der Waals surface area contributed by atoms with Gasteiger partial charge in [-0.25, -0.2) is 0 Å². The number of aromatic nitrogens is 3. The molecule has 0 radical (unpaired) electrons. The number of nitrogens with one attached hydrogen (secondary N) is 1. The molecule has 2 unspecified atom stereocenters. The summed E-state index contributed by atoms with van der Waals surface area (Å²) >= 11 is 1.38. The molecule has 3 aromatic rings. The van der Waals surface area contributed by atoms with Gasteiger partial charge in [-0.2, -0.15) is 0 Å². The van der Waals surface area contributed by atoms with Gasteiger partial charge in [0.05, 0.1) is 24.0 Å². The summed E-state index contributed by atoms with van der Waals surface area (Å²) in [6.45, 7) is 3.85. The van der Waals surface area contributed by atoms with Crippen molar-refractivity contribution in [2.24, 2.45) is 7.05 Å². The molecule has 1 aromatic heterocycles. The lowest BCUT2D eigenvalue weighted by atomic mass is 10.1. The van der Waals surface area contributed by atoms with Crippen molar-refractivity contribution in [1.29, 1.82) is 0 Å². The van der Waals surface area contributed by atoms with Gasteiger partial charge in [-0.15, -0.1) is 10.2 Å². The maximum atomic E-state index is 12.6. The minimum absolute atomic E-state index is 0.0387. The summed E-state index contributed by atoms with van der Waals surface area (Å²) in [6.07, 6.45) is 0. The molecular formula is C21H24N4O2S. The Morgan fingerprint density at radius 2 is 1.75 bits per heavy atom. The number of para-hydroxylation sites is 1. The van der Waals surface area contributed by atoms with Gasteiger partial charge < -0.3 is 14.6 Å². The summed E-state index contributed by atoms with van der Waals surface area (Å²) in [6, 6.07) is 17.5. The number of methoxy groups -OCH3 is 1. The van der Waals surface area contributed by atoms with Crippen LogP contribution in [-0.2, 0) is 11.8 Å². The zero-order valence-corrected chi connectivity index (χ0v) is 17.2. The Kier molecular flexibility index (Phi) is 6.36. The molecule has 0 aliphatic heterocycles.